The summed E-state index contributed by atoms with van der Waals surface area (Å²) in [4.78, 5) is 27.1. The van der Waals surface area contributed by atoms with Crippen LogP contribution in [-0.2, 0) is 11.3 Å². The zero-order valence-electron chi connectivity index (χ0n) is 18.3. The van der Waals surface area contributed by atoms with Crippen LogP contribution >= 0.6 is 0 Å². The van der Waals surface area contributed by atoms with E-state index in [1.54, 1.807) is 37.3 Å². The molecule has 4 rings (SSSR count). The average molecular weight is 437 g/mol. The minimum absolute atomic E-state index is 0.0318. The molecular formula is C25H27NO6. The number of carbonyl (C=O) groups excluding carboxylic acids is 1. The van der Waals surface area contributed by atoms with Crippen molar-refractivity contribution in [2.75, 3.05) is 13.2 Å². The van der Waals surface area contributed by atoms with Crippen LogP contribution in [0.15, 0.2) is 51.9 Å². The minimum atomic E-state index is -0.417. The van der Waals surface area contributed by atoms with Crippen molar-refractivity contribution in [3.8, 4) is 17.2 Å². The van der Waals surface area contributed by atoms with Crippen LogP contribution in [0.1, 0.15) is 49.0 Å². The van der Waals surface area contributed by atoms with Crippen LogP contribution in [0.5, 0.6) is 17.2 Å². The average Bonchev–Trinajstić information content (AvgIpc) is 2.79. The number of fused-ring (bicyclic) bond motifs is 1. The summed E-state index contributed by atoms with van der Waals surface area (Å²) in [6.07, 6.45) is 4.71. The maximum atomic E-state index is 13.1. The molecule has 0 aliphatic carbocycles. The third-order valence-corrected chi connectivity index (χ3v) is 5.88. The highest BCUT2D eigenvalue weighted by Crippen LogP contribution is 2.31. The standard InChI is InChI=1S/C25H27NO6/c1-3-30-25(29)17-7-9-18(10-8-17)32-22-15-31-24-19(23(22)28)11-12-21(27)20(24)14-26-13-5-4-6-16(26)2/h7-12,15-16,27H,3-6,13-14H2,1-2H3/t16-/m0/s1. The number of carbonyl (C=O) groups is 1. The van der Waals surface area contributed by atoms with Gasteiger partial charge in [-0.2, -0.15) is 0 Å². The smallest absolute Gasteiger partial charge is 0.338 e. The Morgan fingerprint density at radius 2 is 1.97 bits per heavy atom. The molecule has 0 bridgehead atoms. The van der Waals surface area contributed by atoms with Gasteiger partial charge in [0.2, 0.25) is 11.2 Å². The van der Waals surface area contributed by atoms with Gasteiger partial charge in [-0.1, -0.05) is 6.42 Å². The van der Waals surface area contributed by atoms with Crippen LogP contribution in [0, 0.1) is 0 Å². The number of rotatable bonds is 6. The molecule has 0 spiro atoms. The lowest BCUT2D eigenvalue weighted by Crippen LogP contribution is -2.36. The van der Waals surface area contributed by atoms with Crippen LogP contribution in [0.4, 0.5) is 0 Å². The number of likely N-dealkylation sites (tertiary alicyclic amines) is 1. The molecule has 32 heavy (non-hydrogen) atoms. The monoisotopic (exact) mass is 437 g/mol. The quantitative estimate of drug-likeness (QED) is 0.552. The Morgan fingerprint density at radius 1 is 1.19 bits per heavy atom. The summed E-state index contributed by atoms with van der Waals surface area (Å²) in [6, 6.07) is 9.83. The highest BCUT2D eigenvalue weighted by Gasteiger charge is 2.22. The first-order valence-corrected chi connectivity index (χ1v) is 10.9. The predicted octanol–water partition coefficient (Wildman–Crippen LogP) is 4.84. The van der Waals surface area contributed by atoms with Crippen molar-refractivity contribution < 1.29 is 23.8 Å². The van der Waals surface area contributed by atoms with Gasteiger partial charge in [0.05, 0.1) is 23.1 Å². The van der Waals surface area contributed by atoms with Gasteiger partial charge in [-0.25, -0.2) is 4.79 Å². The number of nitrogens with zero attached hydrogens (tertiary/aromatic N) is 1. The summed E-state index contributed by atoms with van der Waals surface area (Å²) in [6.45, 7) is 5.68. The highest BCUT2D eigenvalue weighted by atomic mass is 16.5. The number of ether oxygens (including phenoxy) is 2. The van der Waals surface area contributed by atoms with Gasteiger partial charge in [0, 0.05) is 12.6 Å². The fraction of sp³-hybridized carbons (Fsp3) is 0.360. The number of hydrogen-bond donors (Lipinski definition) is 1. The largest absolute Gasteiger partial charge is 0.507 e. The van der Waals surface area contributed by atoms with E-state index in [1.807, 2.05) is 0 Å². The van der Waals surface area contributed by atoms with E-state index >= 15 is 0 Å². The Kier molecular flexibility index (Phi) is 6.46. The Bertz CT molecular complexity index is 1170. The Balaban J connectivity index is 1.61. The van der Waals surface area contributed by atoms with Gasteiger partial charge >= 0.3 is 5.97 Å². The molecule has 1 aliphatic heterocycles. The molecule has 7 heteroatoms. The first-order valence-electron chi connectivity index (χ1n) is 10.9. The number of piperidine rings is 1. The van der Waals surface area contributed by atoms with Gasteiger partial charge in [0.1, 0.15) is 23.3 Å². The van der Waals surface area contributed by atoms with E-state index in [0.717, 1.165) is 19.4 Å². The third kappa shape index (κ3) is 4.48. The minimum Gasteiger partial charge on any atom is -0.507 e. The van der Waals surface area contributed by atoms with Gasteiger partial charge in [0.15, 0.2) is 0 Å². The molecule has 2 aromatic carbocycles. The van der Waals surface area contributed by atoms with Crippen LogP contribution in [0.3, 0.4) is 0 Å². The number of aromatic hydroxyl groups is 1. The molecule has 7 nitrogen and oxygen atoms in total. The van der Waals surface area contributed by atoms with Crippen molar-refractivity contribution in [1.82, 2.24) is 4.90 Å². The molecule has 0 saturated carbocycles. The lowest BCUT2D eigenvalue weighted by Gasteiger charge is -2.33. The van der Waals surface area contributed by atoms with Crippen molar-refractivity contribution in [1.29, 1.82) is 0 Å². The van der Waals surface area contributed by atoms with Gasteiger partial charge in [-0.3, -0.25) is 9.69 Å². The fourth-order valence-corrected chi connectivity index (χ4v) is 4.05. The molecule has 1 N–H and O–H groups in total. The van der Waals surface area contributed by atoms with Crippen molar-refractivity contribution in [3.63, 3.8) is 0 Å². The summed E-state index contributed by atoms with van der Waals surface area (Å²) in [7, 11) is 0. The zero-order valence-corrected chi connectivity index (χ0v) is 18.3. The van der Waals surface area contributed by atoms with Gasteiger partial charge < -0.3 is 19.0 Å². The van der Waals surface area contributed by atoms with E-state index in [0.29, 0.717) is 47.0 Å². The third-order valence-electron chi connectivity index (χ3n) is 5.88. The maximum Gasteiger partial charge on any atom is 0.338 e. The summed E-state index contributed by atoms with van der Waals surface area (Å²) in [5.41, 5.74) is 1.06. The van der Waals surface area contributed by atoms with Gasteiger partial charge in [0.25, 0.3) is 0 Å². The van der Waals surface area contributed by atoms with E-state index in [4.69, 9.17) is 13.9 Å². The molecule has 0 radical (unpaired) electrons. The van der Waals surface area contributed by atoms with E-state index < -0.39 is 5.97 Å². The Hall–Kier alpha value is -3.32. The zero-order chi connectivity index (χ0) is 22.7. The lowest BCUT2D eigenvalue weighted by atomic mass is 10.0. The number of hydrogen-bond acceptors (Lipinski definition) is 7. The van der Waals surface area contributed by atoms with Gasteiger partial charge in [-0.15, -0.1) is 0 Å². The molecular weight excluding hydrogens is 410 g/mol. The Morgan fingerprint density at radius 3 is 2.69 bits per heavy atom. The molecule has 1 saturated heterocycles. The van der Waals surface area contributed by atoms with Crippen LogP contribution in [-0.4, -0.2) is 35.2 Å². The molecule has 3 aromatic rings. The molecule has 168 valence electrons. The van der Waals surface area contributed by atoms with E-state index in [-0.39, 0.29) is 16.9 Å². The Labute approximate surface area is 186 Å². The number of esters is 1. The number of phenolic OH excluding ortho intramolecular Hbond substituents is 1. The molecule has 2 heterocycles. The van der Waals surface area contributed by atoms with E-state index in [2.05, 4.69) is 11.8 Å². The fourth-order valence-electron chi connectivity index (χ4n) is 4.05. The predicted molar refractivity (Wildman–Crippen MR) is 120 cm³/mol. The van der Waals surface area contributed by atoms with Crippen LogP contribution in [0.25, 0.3) is 11.0 Å². The van der Waals surface area contributed by atoms with Crippen molar-refractivity contribution in [2.24, 2.45) is 0 Å². The van der Waals surface area contributed by atoms with E-state index in [1.165, 1.54) is 18.8 Å². The number of phenols is 1. The molecule has 1 fully saturated rings. The topological polar surface area (TPSA) is 89.2 Å². The maximum absolute atomic E-state index is 13.1. The lowest BCUT2D eigenvalue weighted by molar-refractivity contribution is 0.0526. The molecule has 0 unspecified atom stereocenters. The SMILES string of the molecule is CCOC(=O)c1ccc(Oc2coc3c(CN4CCCC[C@@H]4C)c(O)ccc3c2=O)cc1. The van der Waals surface area contributed by atoms with Crippen molar-refractivity contribution in [3.05, 3.63) is 64.0 Å². The van der Waals surface area contributed by atoms with Crippen molar-refractivity contribution in [2.45, 2.75) is 45.7 Å². The number of benzene rings is 2. The second-order valence-electron chi connectivity index (χ2n) is 8.03. The van der Waals surface area contributed by atoms with Crippen LogP contribution < -0.4 is 10.2 Å². The first kappa shape index (κ1) is 21.9. The van der Waals surface area contributed by atoms with E-state index in [9.17, 15) is 14.7 Å². The summed E-state index contributed by atoms with van der Waals surface area (Å²) >= 11 is 0. The molecule has 0 amide bonds. The molecule has 1 atom stereocenters. The first-order chi connectivity index (χ1) is 15.5. The summed E-state index contributed by atoms with van der Waals surface area (Å²) < 4.78 is 16.5. The highest BCUT2D eigenvalue weighted by molar-refractivity contribution is 5.89. The molecule has 1 aliphatic rings. The molecule has 1 aromatic heterocycles. The van der Waals surface area contributed by atoms with Crippen LogP contribution in [0.2, 0.25) is 0 Å². The summed E-state index contributed by atoms with van der Waals surface area (Å²) in [5, 5.41) is 10.8. The normalized spacial score (nSPS) is 16.8. The second kappa shape index (κ2) is 9.44. The van der Waals surface area contributed by atoms with Crippen molar-refractivity contribution >= 4 is 16.9 Å². The second-order valence-corrected chi connectivity index (χ2v) is 8.03. The van der Waals surface area contributed by atoms with Gasteiger partial charge in [-0.05, 0) is 69.6 Å². The summed E-state index contributed by atoms with van der Waals surface area (Å²) in [5.74, 6) is 0.122.